The highest BCUT2D eigenvalue weighted by Crippen LogP contribution is 2.36. The van der Waals surface area contributed by atoms with Gasteiger partial charge in [0.25, 0.3) is 5.91 Å². The highest BCUT2D eigenvalue weighted by molar-refractivity contribution is 6.10. The van der Waals surface area contributed by atoms with E-state index in [1.165, 1.54) is 5.56 Å². The van der Waals surface area contributed by atoms with E-state index in [1.807, 2.05) is 24.3 Å². The molecule has 6 nitrogen and oxygen atoms in total. The van der Waals surface area contributed by atoms with Crippen LogP contribution in [0.4, 0.5) is 10.5 Å². The van der Waals surface area contributed by atoms with Crippen molar-refractivity contribution in [3.05, 3.63) is 29.8 Å². The van der Waals surface area contributed by atoms with Gasteiger partial charge >= 0.3 is 6.03 Å². The lowest BCUT2D eigenvalue weighted by atomic mass is 9.77. The molecule has 1 saturated carbocycles. The Hall–Kier alpha value is -2.37. The van der Waals surface area contributed by atoms with E-state index in [0.717, 1.165) is 30.6 Å². The standard InChI is InChI=1S/C20H27N3O3/c1-3-4-15-5-7-16(8-6-15)21-17(24)13-23-18(25)20(22-19(23)26)11-9-14(2)10-12-20/h5-8,14H,3-4,9-13H2,1-2H3,(H,21,24)(H,22,26). The van der Waals surface area contributed by atoms with Crippen molar-refractivity contribution in [1.82, 2.24) is 10.2 Å². The van der Waals surface area contributed by atoms with Gasteiger partial charge in [0.1, 0.15) is 12.1 Å². The molecule has 4 amide bonds. The Balaban J connectivity index is 1.60. The third-order valence-corrected chi connectivity index (χ3v) is 5.45. The van der Waals surface area contributed by atoms with Crippen molar-refractivity contribution in [3.8, 4) is 0 Å². The number of urea groups is 1. The van der Waals surface area contributed by atoms with E-state index >= 15 is 0 Å². The van der Waals surface area contributed by atoms with Crippen LogP contribution in [0.3, 0.4) is 0 Å². The summed E-state index contributed by atoms with van der Waals surface area (Å²) in [5, 5.41) is 5.60. The van der Waals surface area contributed by atoms with Crippen molar-refractivity contribution in [2.75, 3.05) is 11.9 Å². The predicted molar refractivity (Wildman–Crippen MR) is 99.7 cm³/mol. The first-order valence-electron chi connectivity index (χ1n) is 9.46. The van der Waals surface area contributed by atoms with Crippen LogP contribution < -0.4 is 10.6 Å². The number of nitrogens with one attached hydrogen (secondary N) is 2. The fourth-order valence-corrected chi connectivity index (χ4v) is 3.80. The fourth-order valence-electron chi connectivity index (χ4n) is 3.80. The molecule has 2 fully saturated rings. The summed E-state index contributed by atoms with van der Waals surface area (Å²) in [5.74, 6) is -0.0563. The summed E-state index contributed by atoms with van der Waals surface area (Å²) in [6, 6.07) is 7.19. The Kier molecular flexibility index (Phi) is 5.30. The predicted octanol–water partition coefficient (Wildman–Crippen LogP) is 3.08. The van der Waals surface area contributed by atoms with Gasteiger partial charge in [0.15, 0.2) is 0 Å². The number of hydrogen-bond acceptors (Lipinski definition) is 3. The van der Waals surface area contributed by atoms with Crippen LogP contribution in [0.1, 0.15) is 51.5 Å². The maximum absolute atomic E-state index is 12.8. The molecule has 0 unspecified atom stereocenters. The van der Waals surface area contributed by atoms with E-state index in [1.54, 1.807) is 0 Å². The molecular formula is C20H27N3O3. The number of anilines is 1. The van der Waals surface area contributed by atoms with Gasteiger partial charge in [-0.15, -0.1) is 0 Å². The van der Waals surface area contributed by atoms with E-state index in [2.05, 4.69) is 24.5 Å². The Morgan fingerprint density at radius 1 is 1.23 bits per heavy atom. The van der Waals surface area contributed by atoms with Crippen LogP contribution in [0.15, 0.2) is 24.3 Å². The zero-order valence-electron chi connectivity index (χ0n) is 15.5. The summed E-state index contributed by atoms with van der Waals surface area (Å²) < 4.78 is 0. The SMILES string of the molecule is CCCc1ccc(NC(=O)CN2C(=O)NC3(CCC(C)CC3)C2=O)cc1. The molecule has 1 aromatic rings. The van der Waals surface area contributed by atoms with E-state index in [0.29, 0.717) is 24.4 Å². The largest absolute Gasteiger partial charge is 0.325 e. The Bertz CT molecular complexity index is 691. The van der Waals surface area contributed by atoms with Crippen molar-refractivity contribution >= 4 is 23.5 Å². The molecule has 1 aliphatic carbocycles. The van der Waals surface area contributed by atoms with Gasteiger partial charge < -0.3 is 10.6 Å². The molecule has 1 aromatic carbocycles. The zero-order valence-corrected chi connectivity index (χ0v) is 15.5. The average Bonchev–Trinajstić information content (AvgIpc) is 2.84. The van der Waals surface area contributed by atoms with Gasteiger partial charge in [-0.1, -0.05) is 32.4 Å². The van der Waals surface area contributed by atoms with E-state index < -0.39 is 11.6 Å². The third-order valence-electron chi connectivity index (χ3n) is 5.45. The smallest absolute Gasteiger partial charge is 0.325 e. The Morgan fingerprint density at radius 2 is 1.88 bits per heavy atom. The zero-order chi connectivity index (χ0) is 18.7. The van der Waals surface area contributed by atoms with Crippen molar-refractivity contribution < 1.29 is 14.4 Å². The lowest BCUT2D eigenvalue weighted by Crippen LogP contribution is -2.49. The van der Waals surface area contributed by atoms with Crippen LogP contribution in [0.5, 0.6) is 0 Å². The van der Waals surface area contributed by atoms with Crippen LogP contribution in [0, 0.1) is 5.92 Å². The van der Waals surface area contributed by atoms with Crippen LogP contribution in [0.25, 0.3) is 0 Å². The molecule has 6 heteroatoms. The number of benzene rings is 1. The minimum Gasteiger partial charge on any atom is -0.325 e. The van der Waals surface area contributed by atoms with Crippen LogP contribution in [0.2, 0.25) is 0 Å². The van der Waals surface area contributed by atoms with Gasteiger partial charge in [0, 0.05) is 5.69 Å². The first-order valence-corrected chi connectivity index (χ1v) is 9.46. The Labute approximate surface area is 154 Å². The van der Waals surface area contributed by atoms with E-state index in [4.69, 9.17) is 0 Å². The molecule has 0 aromatic heterocycles. The summed E-state index contributed by atoms with van der Waals surface area (Å²) >= 11 is 0. The monoisotopic (exact) mass is 357 g/mol. The number of imide groups is 1. The number of carbonyl (C=O) groups excluding carboxylic acids is 3. The molecule has 1 spiro atoms. The van der Waals surface area contributed by atoms with Crippen LogP contribution in [-0.2, 0) is 16.0 Å². The minimum atomic E-state index is -0.800. The number of rotatable bonds is 5. The van der Waals surface area contributed by atoms with Crippen molar-refractivity contribution in [3.63, 3.8) is 0 Å². The maximum atomic E-state index is 12.8. The topological polar surface area (TPSA) is 78.5 Å². The molecule has 0 atom stereocenters. The van der Waals surface area contributed by atoms with E-state index in [-0.39, 0.29) is 18.4 Å². The van der Waals surface area contributed by atoms with Crippen molar-refractivity contribution in [1.29, 1.82) is 0 Å². The van der Waals surface area contributed by atoms with Crippen molar-refractivity contribution in [2.24, 2.45) is 5.92 Å². The summed E-state index contributed by atoms with van der Waals surface area (Å²) in [5.41, 5.74) is 1.09. The molecule has 1 saturated heterocycles. The Morgan fingerprint density at radius 3 is 2.50 bits per heavy atom. The number of carbonyl (C=O) groups is 3. The third kappa shape index (κ3) is 3.74. The lowest BCUT2D eigenvalue weighted by molar-refractivity contribution is -0.135. The highest BCUT2D eigenvalue weighted by atomic mass is 16.2. The first-order chi connectivity index (χ1) is 12.4. The molecular weight excluding hydrogens is 330 g/mol. The number of nitrogens with zero attached hydrogens (tertiary/aromatic N) is 1. The molecule has 0 bridgehead atoms. The van der Waals surface area contributed by atoms with Crippen LogP contribution >= 0.6 is 0 Å². The number of hydrogen-bond donors (Lipinski definition) is 2. The summed E-state index contributed by atoms with van der Waals surface area (Å²) in [4.78, 5) is 38.4. The second-order valence-electron chi connectivity index (χ2n) is 7.58. The number of amides is 4. The van der Waals surface area contributed by atoms with Gasteiger partial charge in [0.2, 0.25) is 5.91 Å². The van der Waals surface area contributed by atoms with Crippen molar-refractivity contribution in [2.45, 2.75) is 57.9 Å². The molecule has 0 radical (unpaired) electrons. The quantitative estimate of drug-likeness (QED) is 0.795. The van der Waals surface area contributed by atoms with Gasteiger partial charge in [-0.05, 0) is 55.7 Å². The van der Waals surface area contributed by atoms with E-state index in [9.17, 15) is 14.4 Å². The molecule has 1 aliphatic heterocycles. The normalized spacial score (nSPS) is 25.5. The summed E-state index contributed by atoms with van der Waals surface area (Å²) in [6.07, 6.45) is 5.19. The number of aryl methyl sites for hydroxylation is 1. The average molecular weight is 357 g/mol. The van der Waals surface area contributed by atoms with Crippen LogP contribution in [-0.4, -0.2) is 34.8 Å². The summed E-state index contributed by atoms with van der Waals surface area (Å²) in [6.45, 7) is 4.03. The second-order valence-corrected chi connectivity index (χ2v) is 7.58. The highest BCUT2D eigenvalue weighted by Gasteiger charge is 2.52. The molecule has 1 heterocycles. The summed E-state index contributed by atoms with van der Waals surface area (Å²) in [7, 11) is 0. The molecule has 26 heavy (non-hydrogen) atoms. The maximum Gasteiger partial charge on any atom is 0.325 e. The minimum absolute atomic E-state index is 0.251. The molecule has 2 aliphatic rings. The first kappa shape index (κ1) is 18.4. The lowest BCUT2D eigenvalue weighted by Gasteiger charge is -2.33. The second kappa shape index (κ2) is 7.48. The molecule has 140 valence electrons. The molecule has 2 N–H and O–H groups in total. The van der Waals surface area contributed by atoms with Gasteiger partial charge in [-0.3, -0.25) is 14.5 Å². The molecule has 3 rings (SSSR count). The fraction of sp³-hybridized carbons (Fsp3) is 0.550. The van der Waals surface area contributed by atoms with Gasteiger partial charge in [-0.25, -0.2) is 4.79 Å². The van der Waals surface area contributed by atoms with Gasteiger partial charge in [-0.2, -0.15) is 0 Å². The van der Waals surface area contributed by atoms with Gasteiger partial charge in [0.05, 0.1) is 0 Å².